The van der Waals surface area contributed by atoms with E-state index in [0.717, 1.165) is 16.7 Å². The van der Waals surface area contributed by atoms with Gasteiger partial charge >= 0.3 is 5.97 Å². The zero-order valence-electron chi connectivity index (χ0n) is 14.8. The maximum atomic E-state index is 12.0. The van der Waals surface area contributed by atoms with Gasteiger partial charge in [-0.1, -0.05) is 41.4 Å². The molecule has 2 rings (SSSR count). The summed E-state index contributed by atoms with van der Waals surface area (Å²) in [7, 11) is 1.48. The predicted octanol–water partition coefficient (Wildman–Crippen LogP) is 4.16. The largest absolute Gasteiger partial charge is 0.495 e. The van der Waals surface area contributed by atoms with Crippen LogP contribution >= 0.6 is 11.6 Å². The lowest BCUT2D eigenvalue weighted by Crippen LogP contribution is -2.20. The molecule has 0 fully saturated rings. The number of nitrogens with one attached hydrogen (secondary N) is 1. The Morgan fingerprint density at radius 3 is 2.50 bits per heavy atom. The molecule has 0 spiro atoms. The number of hydrogen-bond donors (Lipinski definition) is 1. The van der Waals surface area contributed by atoms with Crippen molar-refractivity contribution >= 4 is 35.2 Å². The molecule has 0 saturated carbocycles. The van der Waals surface area contributed by atoms with Crippen molar-refractivity contribution < 1.29 is 19.1 Å². The zero-order chi connectivity index (χ0) is 19.1. The van der Waals surface area contributed by atoms with Gasteiger partial charge in [-0.3, -0.25) is 4.79 Å². The van der Waals surface area contributed by atoms with Crippen molar-refractivity contribution in [2.45, 2.75) is 13.8 Å². The first-order valence-electron chi connectivity index (χ1n) is 7.94. The van der Waals surface area contributed by atoms with E-state index in [4.69, 9.17) is 21.1 Å². The van der Waals surface area contributed by atoms with Gasteiger partial charge < -0.3 is 14.8 Å². The van der Waals surface area contributed by atoms with Crippen molar-refractivity contribution in [3.63, 3.8) is 0 Å². The second-order valence-corrected chi connectivity index (χ2v) is 6.11. The number of carbonyl (C=O) groups excluding carboxylic acids is 2. The van der Waals surface area contributed by atoms with Crippen LogP contribution in [0.2, 0.25) is 5.02 Å². The summed E-state index contributed by atoms with van der Waals surface area (Å²) in [5.41, 5.74) is 3.26. The minimum Gasteiger partial charge on any atom is -0.495 e. The van der Waals surface area contributed by atoms with Crippen molar-refractivity contribution in [1.82, 2.24) is 0 Å². The van der Waals surface area contributed by atoms with Crippen LogP contribution in [0.5, 0.6) is 5.75 Å². The van der Waals surface area contributed by atoms with Crippen molar-refractivity contribution in [1.29, 1.82) is 0 Å². The number of hydrogen-bond acceptors (Lipinski definition) is 4. The molecule has 136 valence electrons. The molecule has 0 aliphatic rings. The van der Waals surface area contributed by atoms with Crippen LogP contribution in [-0.2, 0) is 14.3 Å². The summed E-state index contributed by atoms with van der Waals surface area (Å²) in [5.74, 6) is -0.637. The van der Waals surface area contributed by atoms with Gasteiger partial charge in [-0.05, 0) is 37.1 Å². The Bertz CT molecular complexity index is 828. The summed E-state index contributed by atoms with van der Waals surface area (Å²) in [4.78, 5) is 23.7. The van der Waals surface area contributed by atoms with E-state index < -0.39 is 18.5 Å². The molecule has 0 atom stereocenters. The fourth-order valence-corrected chi connectivity index (χ4v) is 2.30. The Hall–Kier alpha value is -2.79. The molecule has 1 amide bonds. The quantitative estimate of drug-likeness (QED) is 0.610. The number of ether oxygens (including phenoxy) is 2. The van der Waals surface area contributed by atoms with Crippen molar-refractivity contribution in [2.24, 2.45) is 0 Å². The normalized spacial score (nSPS) is 10.6. The van der Waals surface area contributed by atoms with Crippen LogP contribution in [0.4, 0.5) is 5.69 Å². The second kappa shape index (κ2) is 9.06. The van der Waals surface area contributed by atoms with Crippen LogP contribution in [0, 0.1) is 13.8 Å². The molecule has 0 heterocycles. The van der Waals surface area contributed by atoms with Gasteiger partial charge in [0, 0.05) is 17.2 Å². The van der Waals surface area contributed by atoms with Crippen LogP contribution in [0.3, 0.4) is 0 Å². The average Bonchev–Trinajstić information content (AvgIpc) is 2.62. The van der Waals surface area contributed by atoms with Gasteiger partial charge in [0.2, 0.25) is 0 Å². The van der Waals surface area contributed by atoms with Gasteiger partial charge in [-0.2, -0.15) is 0 Å². The van der Waals surface area contributed by atoms with E-state index in [1.807, 2.05) is 38.1 Å². The highest BCUT2D eigenvalue weighted by atomic mass is 35.5. The maximum absolute atomic E-state index is 12.0. The lowest BCUT2D eigenvalue weighted by atomic mass is 10.1. The van der Waals surface area contributed by atoms with Gasteiger partial charge in [0.15, 0.2) is 6.61 Å². The minimum atomic E-state index is -0.597. The fraction of sp³-hybridized carbons (Fsp3) is 0.200. The molecular formula is C20H20ClNO4. The smallest absolute Gasteiger partial charge is 0.331 e. The Morgan fingerprint density at radius 1 is 1.15 bits per heavy atom. The van der Waals surface area contributed by atoms with Crippen LogP contribution in [0.25, 0.3) is 6.08 Å². The monoisotopic (exact) mass is 373 g/mol. The number of esters is 1. The lowest BCUT2D eigenvalue weighted by molar-refractivity contribution is -0.142. The number of aryl methyl sites for hydroxylation is 2. The molecule has 0 aromatic heterocycles. The van der Waals surface area contributed by atoms with E-state index in [2.05, 4.69) is 5.32 Å². The highest BCUT2D eigenvalue weighted by Crippen LogP contribution is 2.30. The standard InChI is InChI=1S/C20H20ClNO4/c1-13-4-6-15(7-5-13)8-9-20(24)26-12-19(23)22-17-10-14(2)16(21)11-18(17)25-3/h4-11H,12H2,1-3H3,(H,22,23)/b9-8+. The van der Waals surface area contributed by atoms with Crippen LogP contribution < -0.4 is 10.1 Å². The SMILES string of the molecule is COc1cc(Cl)c(C)cc1NC(=O)COC(=O)/C=C/c1ccc(C)cc1. The zero-order valence-corrected chi connectivity index (χ0v) is 15.6. The molecule has 0 aliphatic carbocycles. The Kier molecular flexibility index (Phi) is 6.81. The van der Waals surface area contributed by atoms with Crippen LogP contribution in [-0.4, -0.2) is 25.6 Å². The molecule has 0 unspecified atom stereocenters. The van der Waals surface area contributed by atoms with E-state index in [-0.39, 0.29) is 0 Å². The highest BCUT2D eigenvalue weighted by Gasteiger charge is 2.11. The van der Waals surface area contributed by atoms with E-state index in [9.17, 15) is 9.59 Å². The Balaban J connectivity index is 1.89. The molecular weight excluding hydrogens is 354 g/mol. The third-order valence-corrected chi connectivity index (χ3v) is 4.00. The Morgan fingerprint density at radius 2 is 1.85 bits per heavy atom. The van der Waals surface area contributed by atoms with Crippen molar-refractivity contribution in [2.75, 3.05) is 19.0 Å². The van der Waals surface area contributed by atoms with Crippen molar-refractivity contribution in [3.8, 4) is 5.75 Å². The molecule has 6 heteroatoms. The summed E-state index contributed by atoms with van der Waals surface area (Å²) in [6, 6.07) is 11.0. The lowest BCUT2D eigenvalue weighted by Gasteiger charge is -2.12. The number of benzene rings is 2. The molecule has 0 bridgehead atoms. The van der Waals surface area contributed by atoms with E-state index in [0.29, 0.717) is 16.5 Å². The van der Waals surface area contributed by atoms with Crippen LogP contribution in [0.1, 0.15) is 16.7 Å². The maximum Gasteiger partial charge on any atom is 0.331 e. The highest BCUT2D eigenvalue weighted by molar-refractivity contribution is 6.31. The molecule has 2 aromatic rings. The number of methoxy groups -OCH3 is 1. The molecule has 0 aliphatic heterocycles. The summed E-state index contributed by atoms with van der Waals surface area (Å²) >= 11 is 6.03. The fourth-order valence-electron chi connectivity index (χ4n) is 2.14. The molecule has 26 heavy (non-hydrogen) atoms. The van der Waals surface area contributed by atoms with Gasteiger partial charge in [-0.25, -0.2) is 4.79 Å². The first-order chi connectivity index (χ1) is 12.4. The molecule has 5 nitrogen and oxygen atoms in total. The van der Waals surface area contributed by atoms with E-state index in [1.165, 1.54) is 13.2 Å². The minimum absolute atomic E-state index is 0.401. The molecule has 0 saturated heterocycles. The second-order valence-electron chi connectivity index (χ2n) is 5.70. The van der Waals surface area contributed by atoms with Gasteiger partial charge in [0.25, 0.3) is 5.91 Å². The van der Waals surface area contributed by atoms with E-state index >= 15 is 0 Å². The number of anilines is 1. The third-order valence-electron chi connectivity index (χ3n) is 3.59. The number of carbonyl (C=O) groups is 2. The topological polar surface area (TPSA) is 64.6 Å². The number of amides is 1. The van der Waals surface area contributed by atoms with Gasteiger partial charge in [0.05, 0.1) is 12.8 Å². The third kappa shape index (κ3) is 5.63. The summed E-state index contributed by atoms with van der Waals surface area (Å²) in [5, 5.41) is 3.18. The summed E-state index contributed by atoms with van der Waals surface area (Å²) in [6.07, 6.45) is 2.91. The number of halogens is 1. The molecule has 2 aromatic carbocycles. The van der Waals surface area contributed by atoms with Gasteiger partial charge in [0.1, 0.15) is 5.75 Å². The van der Waals surface area contributed by atoms with E-state index in [1.54, 1.807) is 18.2 Å². The predicted molar refractivity (Wildman–Crippen MR) is 103 cm³/mol. The molecule has 0 radical (unpaired) electrons. The first kappa shape index (κ1) is 19.5. The van der Waals surface area contributed by atoms with Gasteiger partial charge in [-0.15, -0.1) is 0 Å². The van der Waals surface area contributed by atoms with Crippen LogP contribution in [0.15, 0.2) is 42.5 Å². The van der Waals surface area contributed by atoms with Crippen molar-refractivity contribution in [3.05, 3.63) is 64.2 Å². The Labute approximate surface area is 157 Å². The number of rotatable bonds is 6. The first-order valence-corrected chi connectivity index (χ1v) is 8.32. The summed E-state index contributed by atoms with van der Waals surface area (Å²) < 4.78 is 10.1. The molecule has 1 N–H and O–H groups in total. The summed E-state index contributed by atoms with van der Waals surface area (Å²) in [6.45, 7) is 3.40. The average molecular weight is 374 g/mol.